The zero-order valence-corrected chi connectivity index (χ0v) is 20.5. The fraction of sp³-hybridized carbons (Fsp3) is 0.286. The van der Waals surface area contributed by atoms with Crippen molar-refractivity contribution in [3.8, 4) is 0 Å². The molecule has 0 fully saturated rings. The molecule has 0 aliphatic heterocycles. The predicted molar refractivity (Wildman–Crippen MR) is 127 cm³/mol. The van der Waals surface area contributed by atoms with Crippen LogP contribution in [-0.4, -0.2) is 54.6 Å². The molecule has 0 radical (unpaired) electrons. The summed E-state index contributed by atoms with van der Waals surface area (Å²) in [7, 11) is -0.930. The van der Waals surface area contributed by atoms with Crippen molar-refractivity contribution in [2.75, 3.05) is 35.3 Å². The third-order valence-corrected chi connectivity index (χ3v) is 6.20. The van der Waals surface area contributed by atoms with E-state index in [4.69, 9.17) is 0 Å². The number of alkyl halides is 3. The summed E-state index contributed by atoms with van der Waals surface area (Å²) in [4.78, 5) is 27.6. The standard InChI is InChI=1S/C21H23F3N8O3S/c1-12-9-13(19(33)25-2)5-6-15(12)30-20-29-10-14(21(22,23)24)17(31-20)28-11-16-18(27-8-7-26-16)32(3)36(4,34)35/h5-10H,11H2,1-4H3,(H,25,33)(H2,28,29,30,31). The summed E-state index contributed by atoms with van der Waals surface area (Å²) in [5.74, 6) is -1.00. The Balaban J connectivity index is 1.92. The Bertz CT molecular complexity index is 1380. The molecule has 15 heteroatoms. The molecule has 0 atom stereocenters. The van der Waals surface area contributed by atoms with Crippen LogP contribution in [0, 0.1) is 6.92 Å². The molecule has 0 aliphatic rings. The van der Waals surface area contributed by atoms with E-state index < -0.39 is 27.6 Å². The van der Waals surface area contributed by atoms with Gasteiger partial charge in [-0.25, -0.2) is 18.4 Å². The number of hydrogen-bond acceptors (Lipinski definition) is 9. The van der Waals surface area contributed by atoms with Crippen LogP contribution >= 0.6 is 0 Å². The van der Waals surface area contributed by atoms with E-state index in [0.29, 0.717) is 23.0 Å². The number of hydrogen-bond donors (Lipinski definition) is 3. The Hall–Kier alpha value is -4.01. The van der Waals surface area contributed by atoms with E-state index in [0.717, 1.165) is 10.6 Å². The molecule has 2 aromatic heterocycles. The third-order valence-electron chi connectivity index (χ3n) is 5.03. The van der Waals surface area contributed by atoms with Crippen LogP contribution in [0.1, 0.15) is 27.2 Å². The molecule has 3 rings (SSSR count). The predicted octanol–water partition coefficient (Wildman–Crippen LogP) is 2.70. The number of carbonyl (C=O) groups is 1. The average Bonchev–Trinajstić information content (AvgIpc) is 2.82. The van der Waals surface area contributed by atoms with Crippen molar-refractivity contribution >= 4 is 39.2 Å². The molecule has 11 nitrogen and oxygen atoms in total. The van der Waals surface area contributed by atoms with Gasteiger partial charge in [0.1, 0.15) is 17.1 Å². The number of benzene rings is 1. The second-order valence-electron chi connectivity index (χ2n) is 7.60. The number of carbonyl (C=O) groups excluding carboxylic acids is 1. The zero-order chi connectivity index (χ0) is 26.7. The van der Waals surface area contributed by atoms with Gasteiger partial charge in [0, 0.05) is 43.9 Å². The number of amides is 1. The molecule has 3 aromatic rings. The first-order valence-electron chi connectivity index (χ1n) is 10.3. The van der Waals surface area contributed by atoms with E-state index in [1.807, 2.05) is 0 Å². The minimum atomic E-state index is -4.76. The number of aryl methyl sites for hydroxylation is 1. The molecule has 0 unspecified atom stereocenters. The lowest BCUT2D eigenvalue weighted by molar-refractivity contribution is -0.137. The molecule has 2 heterocycles. The topological polar surface area (TPSA) is 142 Å². The number of anilines is 4. The van der Waals surface area contributed by atoms with Crippen LogP contribution in [0.5, 0.6) is 0 Å². The van der Waals surface area contributed by atoms with Crippen molar-refractivity contribution in [1.29, 1.82) is 0 Å². The smallest absolute Gasteiger partial charge is 0.364 e. The summed E-state index contributed by atoms with van der Waals surface area (Å²) >= 11 is 0. The Morgan fingerprint density at radius 3 is 2.44 bits per heavy atom. The highest BCUT2D eigenvalue weighted by atomic mass is 32.2. The summed E-state index contributed by atoms with van der Waals surface area (Å²) in [5.41, 5.74) is 0.505. The van der Waals surface area contributed by atoms with Gasteiger partial charge in [0.15, 0.2) is 5.82 Å². The Morgan fingerprint density at radius 1 is 1.14 bits per heavy atom. The summed E-state index contributed by atoms with van der Waals surface area (Å²) in [5, 5.41) is 7.92. The fourth-order valence-electron chi connectivity index (χ4n) is 3.07. The Kier molecular flexibility index (Phi) is 7.62. The van der Waals surface area contributed by atoms with Gasteiger partial charge in [-0.1, -0.05) is 0 Å². The highest BCUT2D eigenvalue weighted by molar-refractivity contribution is 7.92. The van der Waals surface area contributed by atoms with Crippen molar-refractivity contribution in [3.63, 3.8) is 0 Å². The molecular weight excluding hydrogens is 501 g/mol. The second kappa shape index (κ2) is 10.3. The third kappa shape index (κ3) is 6.16. The van der Waals surface area contributed by atoms with Crippen molar-refractivity contribution < 1.29 is 26.4 Å². The van der Waals surface area contributed by atoms with E-state index in [1.165, 1.54) is 26.5 Å². The van der Waals surface area contributed by atoms with Gasteiger partial charge in [0.05, 0.1) is 12.8 Å². The quantitative estimate of drug-likeness (QED) is 0.405. The SMILES string of the molecule is CNC(=O)c1ccc(Nc2ncc(C(F)(F)F)c(NCc3nccnc3N(C)S(C)(=O)=O)n2)c(C)c1. The molecule has 0 aliphatic carbocycles. The van der Waals surface area contributed by atoms with Crippen molar-refractivity contribution in [2.45, 2.75) is 19.6 Å². The summed E-state index contributed by atoms with van der Waals surface area (Å²) in [6, 6.07) is 4.74. The largest absolute Gasteiger partial charge is 0.421 e. The van der Waals surface area contributed by atoms with Crippen molar-refractivity contribution in [3.05, 3.63) is 59.2 Å². The minimum Gasteiger partial charge on any atom is -0.364 e. The van der Waals surface area contributed by atoms with Gasteiger partial charge in [0.25, 0.3) is 5.91 Å². The van der Waals surface area contributed by atoms with Crippen molar-refractivity contribution in [2.24, 2.45) is 0 Å². The number of nitrogens with zero attached hydrogens (tertiary/aromatic N) is 5. The number of halogens is 3. The van der Waals surface area contributed by atoms with Gasteiger partial charge in [-0.05, 0) is 30.7 Å². The lowest BCUT2D eigenvalue weighted by Crippen LogP contribution is -2.27. The normalized spacial score (nSPS) is 11.6. The molecule has 0 saturated carbocycles. The maximum atomic E-state index is 13.6. The zero-order valence-electron chi connectivity index (χ0n) is 19.7. The van der Waals surface area contributed by atoms with E-state index >= 15 is 0 Å². The van der Waals surface area contributed by atoms with Gasteiger partial charge in [0.2, 0.25) is 16.0 Å². The molecule has 36 heavy (non-hydrogen) atoms. The number of sulfonamides is 1. The Labute approximate surface area is 205 Å². The molecule has 1 aromatic carbocycles. The molecule has 0 bridgehead atoms. The molecule has 3 N–H and O–H groups in total. The van der Waals surface area contributed by atoms with E-state index in [-0.39, 0.29) is 29.9 Å². The van der Waals surface area contributed by atoms with Crippen LogP contribution in [0.25, 0.3) is 0 Å². The summed E-state index contributed by atoms with van der Waals surface area (Å²) in [6.45, 7) is 1.41. The number of aromatic nitrogens is 4. The number of nitrogens with one attached hydrogen (secondary N) is 3. The van der Waals surface area contributed by atoms with E-state index in [1.54, 1.807) is 25.1 Å². The van der Waals surface area contributed by atoms with Gasteiger partial charge in [-0.2, -0.15) is 18.2 Å². The van der Waals surface area contributed by atoms with Crippen LogP contribution in [0.4, 0.5) is 36.4 Å². The van der Waals surface area contributed by atoms with Crippen molar-refractivity contribution in [1.82, 2.24) is 25.3 Å². The minimum absolute atomic E-state index is 0.0414. The van der Waals surface area contributed by atoms with Gasteiger partial charge in [-0.3, -0.25) is 14.1 Å². The van der Waals surface area contributed by atoms with Gasteiger partial charge >= 0.3 is 6.18 Å². The van der Waals surface area contributed by atoms with Crippen LogP contribution in [0.2, 0.25) is 0 Å². The van der Waals surface area contributed by atoms with Crippen LogP contribution < -0.4 is 20.3 Å². The van der Waals surface area contributed by atoms with Gasteiger partial charge in [-0.15, -0.1) is 0 Å². The highest BCUT2D eigenvalue weighted by Gasteiger charge is 2.35. The number of rotatable bonds is 8. The molecule has 192 valence electrons. The maximum absolute atomic E-state index is 13.6. The lowest BCUT2D eigenvalue weighted by Gasteiger charge is -2.19. The first kappa shape index (κ1) is 26.6. The monoisotopic (exact) mass is 524 g/mol. The maximum Gasteiger partial charge on any atom is 0.421 e. The van der Waals surface area contributed by atoms with Crippen LogP contribution in [0.3, 0.4) is 0 Å². The second-order valence-corrected chi connectivity index (χ2v) is 9.61. The summed E-state index contributed by atoms with van der Waals surface area (Å²) < 4.78 is 65.5. The first-order chi connectivity index (χ1) is 16.8. The van der Waals surface area contributed by atoms with E-state index in [2.05, 4.69) is 35.9 Å². The average molecular weight is 525 g/mol. The van der Waals surface area contributed by atoms with Crippen LogP contribution in [0.15, 0.2) is 36.8 Å². The molecule has 1 amide bonds. The summed E-state index contributed by atoms with van der Waals surface area (Å²) in [6.07, 6.45) is -0.607. The molecular formula is C21H23F3N8O3S. The molecule has 0 saturated heterocycles. The van der Waals surface area contributed by atoms with E-state index in [9.17, 15) is 26.4 Å². The highest BCUT2D eigenvalue weighted by Crippen LogP contribution is 2.34. The van der Waals surface area contributed by atoms with Crippen LogP contribution in [-0.2, 0) is 22.7 Å². The Morgan fingerprint density at radius 2 is 1.83 bits per heavy atom. The van der Waals surface area contributed by atoms with Gasteiger partial charge < -0.3 is 16.0 Å². The fourth-order valence-corrected chi connectivity index (χ4v) is 3.53. The molecule has 0 spiro atoms. The lowest BCUT2D eigenvalue weighted by atomic mass is 10.1. The first-order valence-corrected chi connectivity index (χ1v) is 12.2.